The van der Waals surface area contributed by atoms with Crippen LogP contribution in [-0.2, 0) is 0 Å². The van der Waals surface area contributed by atoms with Crippen molar-refractivity contribution in [2.45, 2.75) is 0 Å². The first-order valence-electron chi connectivity index (χ1n) is 4.65. The Hall–Kier alpha value is -2.23. The number of carbonyl (C=O) groups excluding carboxylic acids is 1. The minimum atomic E-state index is -0.0904. The molecule has 0 aromatic heterocycles. The van der Waals surface area contributed by atoms with E-state index in [0.29, 0.717) is 28.4 Å². The van der Waals surface area contributed by atoms with Gasteiger partial charge in [-0.1, -0.05) is 0 Å². The van der Waals surface area contributed by atoms with Crippen LogP contribution in [0.1, 0.15) is 10.4 Å². The summed E-state index contributed by atoms with van der Waals surface area (Å²) < 4.78 is 5.08. The van der Waals surface area contributed by atoms with Gasteiger partial charge in [-0.25, -0.2) is 0 Å². The maximum Gasteiger partial charge on any atom is 0.150 e. The number of fused-ring (bicyclic) bond motifs is 1. The van der Waals surface area contributed by atoms with Gasteiger partial charge in [0.15, 0.2) is 0 Å². The molecular formula is C12H10O4. The molecule has 2 aromatic carbocycles. The fourth-order valence-corrected chi connectivity index (χ4v) is 1.68. The first-order chi connectivity index (χ1) is 7.67. The number of hydrogen-bond acceptors (Lipinski definition) is 4. The van der Waals surface area contributed by atoms with Gasteiger partial charge in [0.25, 0.3) is 0 Å². The predicted octanol–water partition coefficient (Wildman–Crippen LogP) is 2.07. The van der Waals surface area contributed by atoms with Gasteiger partial charge in [-0.2, -0.15) is 0 Å². The molecule has 2 rings (SSSR count). The number of methoxy groups -OCH3 is 1. The number of ether oxygens (including phenoxy) is 1. The quantitative estimate of drug-likeness (QED) is 0.757. The van der Waals surface area contributed by atoms with Crippen molar-refractivity contribution in [3.63, 3.8) is 0 Å². The highest BCUT2D eigenvalue weighted by atomic mass is 16.5. The highest BCUT2D eigenvalue weighted by Gasteiger charge is 2.11. The van der Waals surface area contributed by atoms with Crippen LogP contribution in [0.15, 0.2) is 24.3 Å². The Bertz CT molecular complexity index is 560. The largest absolute Gasteiger partial charge is 0.507 e. The zero-order chi connectivity index (χ0) is 11.7. The second kappa shape index (κ2) is 3.73. The molecule has 4 nitrogen and oxygen atoms in total. The van der Waals surface area contributed by atoms with E-state index in [-0.39, 0.29) is 11.5 Å². The topological polar surface area (TPSA) is 66.8 Å². The number of benzene rings is 2. The molecule has 0 atom stereocenters. The molecule has 0 aliphatic rings. The van der Waals surface area contributed by atoms with Crippen LogP contribution in [0.5, 0.6) is 17.2 Å². The summed E-state index contributed by atoms with van der Waals surface area (Å²) in [6, 6.07) is 5.84. The molecule has 0 saturated carbocycles. The van der Waals surface area contributed by atoms with Crippen LogP contribution in [0.2, 0.25) is 0 Å². The normalized spacial score (nSPS) is 10.3. The standard InChI is InChI=1S/C12H10O4/c1-16-11-3-2-9(14)8-4-7(6-13)5-10(15)12(8)11/h2-6,14-15H,1H3. The maximum absolute atomic E-state index is 10.6. The van der Waals surface area contributed by atoms with Gasteiger partial charge in [0, 0.05) is 10.9 Å². The first-order valence-corrected chi connectivity index (χ1v) is 4.65. The summed E-state index contributed by atoms with van der Waals surface area (Å²) in [5.74, 6) is 0.352. The van der Waals surface area contributed by atoms with Crippen molar-refractivity contribution in [2.24, 2.45) is 0 Å². The fourth-order valence-electron chi connectivity index (χ4n) is 1.68. The van der Waals surface area contributed by atoms with E-state index in [0.717, 1.165) is 0 Å². The number of hydrogen-bond donors (Lipinski definition) is 2. The Morgan fingerprint density at radius 2 is 1.94 bits per heavy atom. The molecule has 0 amide bonds. The van der Waals surface area contributed by atoms with E-state index in [4.69, 9.17) is 4.74 Å². The van der Waals surface area contributed by atoms with E-state index in [2.05, 4.69) is 0 Å². The van der Waals surface area contributed by atoms with Gasteiger partial charge >= 0.3 is 0 Å². The number of aldehydes is 1. The van der Waals surface area contributed by atoms with Crippen molar-refractivity contribution >= 4 is 17.1 Å². The highest BCUT2D eigenvalue weighted by molar-refractivity contribution is 6.00. The second-order valence-corrected chi connectivity index (χ2v) is 3.37. The van der Waals surface area contributed by atoms with Crippen LogP contribution in [0.4, 0.5) is 0 Å². The summed E-state index contributed by atoms with van der Waals surface area (Å²) in [5, 5.41) is 20.2. The molecule has 2 N–H and O–H groups in total. The first kappa shape index (κ1) is 10.3. The smallest absolute Gasteiger partial charge is 0.150 e. The lowest BCUT2D eigenvalue weighted by atomic mass is 10.0. The number of aromatic hydroxyl groups is 2. The molecule has 0 radical (unpaired) electrons. The Kier molecular flexibility index (Phi) is 2.40. The Morgan fingerprint density at radius 1 is 1.19 bits per heavy atom. The van der Waals surface area contributed by atoms with Crippen LogP contribution < -0.4 is 4.74 Å². The highest BCUT2D eigenvalue weighted by Crippen LogP contribution is 2.38. The summed E-state index contributed by atoms with van der Waals surface area (Å²) in [5.41, 5.74) is 0.300. The van der Waals surface area contributed by atoms with Gasteiger partial charge in [-0.15, -0.1) is 0 Å². The molecule has 16 heavy (non-hydrogen) atoms. The van der Waals surface area contributed by atoms with E-state index in [1.165, 1.54) is 25.3 Å². The number of phenolic OH excluding ortho intramolecular Hbond substituents is 2. The third kappa shape index (κ3) is 1.44. The summed E-state index contributed by atoms with van der Waals surface area (Å²) in [7, 11) is 1.47. The molecular weight excluding hydrogens is 208 g/mol. The summed E-state index contributed by atoms with van der Waals surface area (Å²) >= 11 is 0. The van der Waals surface area contributed by atoms with Gasteiger partial charge < -0.3 is 14.9 Å². The van der Waals surface area contributed by atoms with Gasteiger partial charge in [-0.05, 0) is 24.3 Å². The number of phenols is 2. The third-order valence-corrected chi connectivity index (χ3v) is 2.41. The van der Waals surface area contributed by atoms with Crippen molar-refractivity contribution in [3.8, 4) is 17.2 Å². The van der Waals surface area contributed by atoms with Crippen LogP contribution in [0.25, 0.3) is 10.8 Å². The number of carbonyl (C=O) groups is 1. The maximum atomic E-state index is 10.6. The minimum Gasteiger partial charge on any atom is -0.507 e. The Labute approximate surface area is 91.7 Å². The van der Waals surface area contributed by atoms with E-state index in [1.54, 1.807) is 6.07 Å². The zero-order valence-electron chi connectivity index (χ0n) is 8.60. The lowest BCUT2D eigenvalue weighted by Crippen LogP contribution is -1.88. The number of rotatable bonds is 2. The van der Waals surface area contributed by atoms with Crippen LogP contribution in [0, 0.1) is 0 Å². The minimum absolute atomic E-state index is 0.00481. The summed E-state index contributed by atoms with van der Waals surface area (Å²) in [4.78, 5) is 10.6. The molecule has 2 aromatic rings. The lowest BCUT2D eigenvalue weighted by molar-refractivity contribution is 0.112. The van der Waals surface area contributed by atoms with Gasteiger partial charge in [-0.3, -0.25) is 4.79 Å². The van der Waals surface area contributed by atoms with E-state index in [9.17, 15) is 15.0 Å². The molecule has 0 unspecified atom stereocenters. The van der Waals surface area contributed by atoms with Crippen molar-refractivity contribution < 1.29 is 19.7 Å². The van der Waals surface area contributed by atoms with E-state index >= 15 is 0 Å². The fraction of sp³-hybridized carbons (Fsp3) is 0.0833. The predicted molar refractivity (Wildman–Crippen MR) is 59.2 cm³/mol. The van der Waals surface area contributed by atoms with Crippen LogP contribution in [0.3, 0.4) is 0 Å². The average molecular weight is 218 g/mol. The molecule has 0 aliphatic carbocycles. The van der Waals surface area contributed by atoms with Gasteiger partial charge in [0.2, 0.25) is 0 Å². The van der Waals surface area contributed by atoms with Crippen molar-refractivity contribution in [3.05, 3.63) is 29.8 Å². The molecule has 0 heterocycles. The SMILES string of the molecule is COc1ccc(O)c2cc(C=O)cc(O)c12. The average Bonchev–Trinajstić information content (AvgIpc) is 2.30. The molecule has 0 fully saturated rings. The molecule has 0 saturated heterocycles. The molecule has 4 heteroatoms. The second-order valence-electron chi connectivity index (χ2n) is 3.37. The Morgan fingerprint density at radius 3 is 2.56 bits per heavy atom. The van der Waals surface area contributed by atoms with Gasteiger partial charge in [0.1, 0.15) is 23.5 Å². The Balaban J connectivity index is 2.91. The van der Waals surface area contributed by atoms with E-state index < -0.39 is 0 Å². The van der Waals surface area contributed by atoms with Crippen molar-refractivity contribution in [2.75, 3.05) is 7.11 Å². The van der Waals surface area contributed by atoms with Gasteiger partial charge in [0.05, 0.1) is 12.5 Å². The van der Waals surface area contributed by atoms with E-state index in [1.807, 2.05) is 0 Å². The summed E-state index contributed by atoms with van der Waals surface area (Å²) in [6.45, 7) is 0. The molecule has 82 valence electrons. The van der Waals surface area contributed by atoms with Crippen molar-refractivity contribution in [1.29, 1.82) is 0 Å². The molecule has 0 aliphatic heterocycles. The lowest BCUT2D eigenvalue weighted by Gasteiger charge is -2.09. The van der Waals surface area contributed by atoms with Crippen LogP contribution in [-0.4, -0.2) is 23.6 Å². The summed E-state index contributed by atoms with van der Waals surface area (Å²) in [6.07, 6.45) is 0.609. The van der Waals surface area contributed by atoms with Crippen LogP contribution >= 0.6 is 0 Å². The zero-order valence-corrected chi connectivity index (χ0v) is 8.60. The molecule has 0 bridgehead atoms. The third-order valence-electron chi connectivity index (χ3n) is 2.41. The van der Waals surface area contributed by atoms with Crippen molar-refractivity contribution in [1.82, 2.24) is 0 Å². The molecule has 0 spiro atoms. The monoisotopic (exact) mass is 218 g/mol.